The molecule has 0 saturated heterocycles. The van der Waals surface area contributed by atoms with Gasteiger partial charge in [0.25, 0.3) is 0 Å². The Bertz CT molecular complexity index is 316. The van der Waals surface area contributed by atoms with Gasteiger partial charge in [0.1, 0.15) is 0 Å². The van der Waals surface area contributed by atoms with Crippen LogP contribution in [0.4, 0.5) is 0 Å². The molecular formula is C13H25NO2S. The van der Waals surface area contributed by atoms with Crippen molar-refractivity contribution in [1.82, 2.24) is 5.32 Å². The molecule has 0 aromatic rings. The van der Waals surface area contributed by atoms with E-state index in [2.05, 4.69) is 5.32 Å². The summed E-state index contributed by atoms with van der Waals surface area (Å²) >= 11 is 0. The Morgan fingerprint density at radius 3 is 2.35 bits per heavy atom. The average Bonchev–Trinajstić information content (AvgIpc) is 2.95. The van der Waals surface area contributed by atoms with Gasteiger partial charge in [-0.3, -0.25) is 0 Å². The fourth-order valence-corrected chi connectivity index (χ4v) is 4.52. The lowest BCUT2D eigenvalue weighted by Crippen LogP contribution is -2.20. The van der Waals surface area contributed by atoms with Crippen LogP contribution in [0.2, 0.25) is 0 Å². The van der Waals surface area contributed by atoms with Crippen LogP contribution in [0.1, 0.15) is 51.4 Å². The maximum atomic E-state index is 11.9. The van der Waals surface area contributed by atoms with Gasteiger partial charge in [-0.05, 0) is 51.0 Å². The number of rotatable bonds is 8. The summed E-state index contributed by atoms with van der Waals surface area (Å²) in [7, 11) is -2.78. The average molecular weight is 259 g/mol. The van der Waals surface area contributed by atoms with E-state index in [9.17, 15) is 8.42 Å². The molecule has 0 amide bonds. The van der Waals surface area contributed by atoms with Crippen molar-refractivity contribution < 1.29 is 8.42 Å². The Balaban J connectivity index is 1.55. The summed E-state index contributed by atoms with van der Waals surface area (Å²) in [4.78, 5) is 0. The summed E-state index contributed by atoms with van der Waals surface area (Å²) in [5.41, 5.74) is 0. The fourth-order valence-electron chi connectivity index (χ4n) is 2.66. The summed E-state index contributed by atoms with van der Waals surface area (Å²) in [5, 5.41) is 3.42. The molecule has 100 valence electrons. The molecule has 0 heterocycles. The summed E-state index contributed by atoms with van der Waals surface area (Å²) in [6.45, 7) is 0.990. The van der Waals surface area contributed by atoms with Crippen LogP contribution in [0.3, 0.4) is 0 Å². The van der Waals surface area contributed by atoms with Gasteiger partial charge in [0.2, 0.25) is 0 Å². The lowest BCUT2D eigenvalue weighted by atomic mass is 10.1. The minimum atomic E-state index is -2.78. The molecule has 0 radical (unpaired) electrons. The zero-order valence-electron chi connectivity index (χ0n) is 10.7. The molecule has 4 heteroatoms. The van der Waals surface area contributed by atoms with Crippen molar-refractivity contribution >= 4 is 9.84 Å². The minimum absolute atomic E-state index is 0.399. The van der Waals surface area contributed by atoms with Crippen LogP contribution < -0.4 is 5.32 Å². The van der Waals surface area contributed by atoms with Crippen molar-refractivity contribution in [2.45, 2.75) is 57.4 Å². The van der Waals surface area contributed by atoms with Gasteiger partial charge in [-0.25, -0.2) is 8.42 Å². The maximum absolute atomic E-state index is 11.9. The highest BCUT2D eigenvalue weighted by molar-refractivity contribution is 7.91. The van der Waals surface area contributed by atoms with E-state index in [4.69, 9.17) is 0 Å². The van der Waals surface area contributed by atoms with E-state index in [-0.39, 0.29) is 0 Å². The molecule has 0 aromatic heterocycles. The lowest BCUT2D eigenvalue weighted by molar-refractivity contribution is 0.554. The summed E-state index contributed by atoms with van der Waals surface area (Å²) in [5.74, 6) is 1.31. The Kier molecular flexibility index (Phi) is 4.86. The summed E-state index contributed by atoms with van der Waals surface area (Å²) in [6, 6.07) is 0.741. The number of sulfone groups is 1. The summed E-state index contributed by atoms with van der Waals surface area (Å²) < 4.78 is 23.8. The van der Waals surface area contributed by atoms with Crippen molar-refractivity contribution in [2.24, 2.45) is 5.92 Å². The van der Waals surface area contributed by atoms with Gasteiger partial charge in [0.15, 0.2) is 9.84 Å². The molecule has 0 atom stereocenters. The fraction of sp³-hybridized carbons (Fsp3) is 1.00. The van der Waals surface area contributed by atoms with Gasteiger partial charge in [-0.15, -0.1) is 0 Å². The van der Waals surface area contributed by atoms with Crippen LogP contribution in [0.5, 0.6) is 0 Å². The first-order valence-corrected chi connectivity index (χ1v) is 8.92. The first-order chi connectivity index (χ1) is 8.16. The molecule has 0 aromatic carbocycles. The lowest BCUT2D eigenvalue weighted by Gasteiger charge is -2.09. The first kappa shape index (κ1) is 13.3. The van der Waals surface area contributed by atoms with Gasteiger partial charge < -0.3 is 5.32 Å². The van der Waals surface area contributed by atoms with E-state index in [1.807, 2.05) is 0 Å². The van der Waals surface area contributed by atoms with Crippen LogP contribution in [0.15, 0.2) is 0 Å². The van der Waals surface area contributed by atoms with Crippen LogP contribution in [0.25, 0.3) is 0 Å². The second-order valence-electron chi connectivity index (χ2n) is 5.70. The van der Waals surface area contributed by atoms with E-state index < -0.39 is 9.84 Å². The molecular weight excluding hydrogens is 234 g/mol. The van der Waals surface area contributed by atoms with Crippen molar-refractivity contribution in [3.05, 3.63) is 0 Å². The van der Waals surface area contributed by atoms with Crippen molar-refractivity contribution in [1.29, 1.82) is 0 Å². The maximum Gasteiger partial charge on any atom is 0.150 e. The third kappa shape index (κ3) is 5.38. The highest BCUT2D eigenvalue weighted by Gasteiger charge is 2.22. The zero-order valence-corrected chi connectivity index (χ0v) is 11.5. The third-order valence-electron chi connectivity index (χ3n) is 3.86. The molecule has 1 N–H and O–H groups in total. The van der Waals surface area contributed by atoms with E-state index in [0.717, 1.165) is 38.3 Å². The molecule has 0 spiro atoms. The second-order valence-corrected chi connectivity index (χ2v) is 7.93. The van der Waals surface area contributed by atoms with Crippen molar-refractivity contribution in [3.8, 4) is 0 Å². The standard InChI is InChI=1S/C13H25NO2S/c15-17(16,11-12-5-1-2-6-12)10-4-3-9-14-13-7-8-13/h12-14H,1-11H2. The molecule has 0 aliphatic heterocycles. The van der Waals surface area contributed by atoms with Gasteiger partial charge in [-0.1, -0.05) is 12.8 Å². The molecule has 0 unspecified atom stereocenters. The highest BCUT2D eigenvalue weighted by atomic mass is 32.2. The van der Waals surface area contributed by atoms with Crippen LogP contribution in [0, 0.1) is 5.92 Å². The largest absolute Gasteiger partial charge is 0.314 e. The van der Waals surface area contributed by atoms with E-state index in [0.29, 0.717) is 17.4 Å². The Labute approximate surface area is 105 Å². The minimum Gasteiger partial charge on any atom is -0.314 e. The van der Waals surface area contributed by atoms with Crippen LogP contribution in [-0.2, 0) is 9.84 Å². The van der Waals surface area contributed by atoms with Gasteiger partial charge in [0.05, 0.1) is 11.5 Å². The quantitative estimate of drug-likeness (QED) is 0.679. The molecule has 0 bridgehead atoms. The topological polar surface area (TPSA) is 46.2 Å². The van der Waals surface area contributed by atoms with E-state index in [1.54, 1.807) is 0 Å². The van der Waals surface area contributed by atoms with Crippen LogP contribution >= 0.6 is 0 Å². The normalized spacial score (nSPS) is 22.1. The number of unbranched alkanes of at least 4 members (excludes halogenated alkanes) is 1. The second kappa shape index (κ2) is 6.19. The van der Waals surface area contributed by atoms with E-state index in [1.165, 1.54) is 25.7 Å². The van der Waals surface area contributed by atoms with Gasteiger partial charge >= 0.3 is 0 Å². The number of hydrogen-bond donors (Lipinski definition) is 1. The molecule has 2 rings (SSSR count). The molecule has 2 aliphatic rings. The monoisotopic (exact) mass is 259 g/mol. The predicted octanol–water partition coefficient (Wildman–Crippen LogP) is 2.12. The Morgan fingerprint density at radius 2 is 1.71 bits per heavy atom. The van der Waals surface area contributed by atoms with Gasteiger partial charge in [-0.2, -0.15) is 0 Å². The molecule has 3 nitrogen and oxygen atoms in total. The zero-order chi connectivity index (χ0) is 12.1. The molecule has 2 aliphatic carbocycles. The Hall–Kier alpha value is -0.0900. The van der Waals surface area contributed by atoms with Crippen molar-refractivity contribution in [2.75, 3.05) is 18.1 Å². The molecule has 2 fully saturated rings. The Morgan fingerprint density at radius 1 is 1.00 bits per heavy atom. The number of nitrogens with one attached hydrogen (secondary N) is 1. The number of hydrogen-bond acceptors (Lipinski definition) is 3. The predicted molar refractivity (Wildman–Crippen MR) is 70.9 cm³/mol. The summed E-state index contributed by atoms with van der Waals surface area (Å²) in [6.07, 6.45) is 9.15. The van der Waals surface area contributed by atoms with Crippen molar-refractivity contribution in [3.63, 3.8) is 0 Å². The SMILES string of the molecule is O=S(=O)(CCCCNC1CC1)CC1CCCC1. The molecule has 17 heavy (non-hydrogen) atoms. The van der Waals surface area contributed by atoms with E-state index >= 15 is 0 Å². The highest BCUT2D eigenvalue weighted by Crippen LogP contribution is 2.26. The van der Waals surface area contributed by atoms with Gasteiger partial charge in [0, 0.05) is 6.04 Å². The third-order valence-corrected chi connectivity index (χ3v) is 5.75. The smallest absolute Gasteiger partial charge is 0.150 e. The molecule has 2 saturated carbocycles. The first-order valence-electron chi connectivity index (χ1n) is 7.09. The van der Waals surface area contributed by atoms with Crippen LogP contribution in [-0.4, -0.2) is 32.5 Å².